The van der Waals surface area contributed by atoms with Crippen LogP contribution in [0.4, 0.5) is 38.3 Å². The molecule has 1 saturated heterocycles. The van der Waals surface area contributed by atoms with Crippen LogP contribution in [0.1, 0.15) is 35.2 Å². The molecular formula is C28H30F5N7O5S. The summed E-state index contributed by atoms with van der Waals surface area (Å²) in [7, 11) is -2.17. The fourth-order valence-corrected chi connectivity index (χ4v) is 6.15. The van der Waals surface area contributed by atoms with Gasteiger partial charge in [-0.3, -0.25) is 14.3 Å². The van der Waals surface area contributed by atoms with Crippen LogP contribution in [-0.4, -0.2) is 79.5 Å². The Hall–Kier alpha value is -4.61. The molecule has 12 nitrogen and oxygen atoms in total. The van der Waals surface area contributed by atoms with Crippen molar-refractivity contribution in [2.45, 2.75) is 49.2 Å². The Balaban J connectivity index is 1.71. The van der Waals surface area contributed by atoms with Crippen LogP contribution in [0.25, 0.3) is 11.1 Å². The summed E-state index contributed by atoms with van der Waals surface area (Å²) in [6, 6.07) is 1.82. The van der Waals surface area contributed by atoms with Crippen molar-refractivity contribution >= 4 is 39.1 Å². The van der Waals surface area contributed by atoms with E-state index in [1.54, 1.807) is 35.9 Å². The number of hydrogen-bond donors (Lipinski definition) is 3. The number of amides is 3. The van der Waals surface area contributed by atoms with Crippen LogP contribution in [-0.2, 0) is 21.6 Å². The van der Waals surface area contributed by atoms with Crippen molar-refractivity contribution in [1.29, 1.82) is 0 Å². The molecule has 1 aliphatic heterocycles. The number of benzene rings is 1. The molecule has 46 heavy (non-hydrogen) atoms. The Morgan fingerprint density at radius 3 is 2.50 bits per heavy atom. The zero-order valence-corrected chi connectivity index (χ0v) is 25.6. The van der Waals surface area contributed by atoms with Gasteiger partial charge in [-0.25, -0.2) is 22.8 Å². The molecule has 2 unspecified atom stereocenters. The largest absolute Gasteiger partial charge is 0.465 e. The summed E-state index contributed by atoms with van der Waals surface area (Å²) >= 11 is 0. The number of halogens is 5. The van der Waals surface area contributed by atoms with E-state index < -0.39 is 52.2 Å². The lowest BCUT2D eigenvalue weighted by atomic mass is 9.99. The second-order valence-electron chi connectivity index (χ2n) is 10.7. The first-order valence-electron chi connectivity index (χ1n) is 13.7. The molecule has 0 radical (unpaired) electrons. The standard InChI is InChI=1S/C28H30F5N7O5S/c1-16-20(17-13-35-39(2)15-17)14-34-23(40-10-5-8-27(29,30)9-11-40)21(16)24(41)36-18-6-4-7-19(12-18)46(3,45)38-25(42)22(28(31,32)33)37-26(43)44/h4,6-7,12-15,22,37H,5,8-11H2,1-3H3,(H,36,41)(H,43,44). The fraction of sp³-hybridized carbons (Fsp3) is 0.393. The second kappa shape index (κ2) is 13.0. The van der Waals surface area contributed by atoms with E-state index >= 15 is 0 Å². The number of rotatable bonds is 7. The van der Waals surface area contributed by atoms with Crippen molar-refractivity contribution in [3.63, 3.8) is 0 Å². The lowest BCUT2D eigenvalue weighted by Crippen LogP contribution is -2.49. The Labute approximate surface area is 260 Å². The summed E-state index contributed by atoms with van der Waals surface area (Å²) in [4.78, 5) is 42.8. The number of carboxylic acid groups (broad SMARTS) is 1. The van der Waals surface area contributed by atoms with Crippen molar-refractivity contribution in [2.24, 2.45) is 11.4 Å². The van der Waals surface area contributed by atoms with E-state index in [2.05, 4.69) is 19.8 Å². The number of carbonyl (C=O) groups is 3. The highest BCUT2D eigenvalue weighted by Crippen LogP contribution is 2.35. The minimum atomic E-state index is -5.35. The molecule has 0 bridgehead atoms. The van der Waals surface area contributed by atoms with Gasteiger partial charge in [-0.1, -0.05) is 6.07 Å². The quantitative estimate of drug-likeness (QED) is 0.301. The molecule has 1 aromatic carbocycles. The maximum Gasteiger partial charge on any atom is 0.417 e. The molecular weight excluding hydrogens is 641 g/mol. The highest BCUT2D eigenvalue weighted by atomic mass is 32.2. The highest BCUT2D eigenvalue weighted by Gasteiger charge is 2.46. The molecule has 2 aromatic heterocycles. The van der Waals surface area contributed by atoms with E-state index in [4.69, 9.17) is 5.11 Å². The topological polar surface area (TPSA) is 159 Å². The van der Waals surface area contributed by atoms with Gasteiger partial charge in [0.15, 0.2) is 0 Å². The fourth-order valence-electron chi connectivity index (χ4n) is 4.92. The Kier molecular flexibility index (Phi) is 9.70. The monoisotopic (exact) mass is 671 g/mol. The van der Waals surface area contributed by atoms with E-state index in [0.29, 0.717) is 16.7 Å². The van der Waals surface area contributed by atoms with E-state index in [9.17, 15) is 40.5 Å². The number of anilines is 2. The molecule has 3 aromatic rings. The smallest absolute Gasteiger partial charge is 0.417 e. The molecule has 248 valence electrons. The molecule has 0 spiro atoms. The number of carbonyl (C=O) groups excluding carboxylic acids is 2. The predicted octanol–water partition coefficient (Wildman–Crippen LogP) is 4.85. The maximum atomic E-state index is 14.2. The predicted molar refractivity (Wildman–Crippen MR) is 157 cm³/mol. The Morgan fingerprint density at radius 1 is 1.15 bits per heavy atom. The average molecular weight is 672 g/mol. The number of aryl methyl sites for hydroxylation is 1. The molecule has 3 amide bonds. The molecule has 2 atom stereocenters. The minimum Gasteiger partial charge on any atom is -0.465 e. The molecule has 4 rings (SSSR count). The van der Waals surface area contributed by atoms with Crippen molar-refractivity contribution in [3.05, 3.63) is 54.0 Å². The normalized spacial score (nSPS) is 16.9. The third kappa shape index (κ3) is 7.96. The number of alkyl halides is 5. The zero-order valence-electron chi connectivity index (χ0n) is 24.8. The van der Waals surface area contributed by atoms with Gasteiger partial charge in [-0.05, 0) is 37.1 Å². The number of aromatic nitrogens is 3. The van der Waals surface area contributed by atoms with Gasteiger partial charge in [0.2, 0.25) is 12.0 Å². The van der Waals surface area contributed by atoms with Crippen LogP contribution in [0.5, 0.6) is 0 Å². The van der Waals surface area contributed by atoms with E-state index in [1.165, 1.54) is 24.4 Å². The summed E-state index contributed by atoms with van der Waals surface area (Å²) in [6.45, 7) is 1.81. The number of hydrogen-bond acceptors (Lipinski definition) is 7. The summed E-state index contributed by atoms with van der Waals surface area (Å²) in [5, 5.41) is 16.5. The minimum absolute atomic E-state index is 0.0234. The van der Waals surface area contributed by atoms with Crippen molar-refractivity contribution in [1.82, 2.24) is 20.1 Å². The molecule has 0 saturated carbocycles. The van der Waals surface area contributed by atoms with Crippen molar-refractivity contribution < 1.29 is 45.7 Å². The molecule has 18 heteroatoms. The Bertz CT molecular complexity index is 1790. The van der Waals surface area contributed by atoms with Crippen LogP contribution in [0, 0.1) is 6.92 Å². The first-order chi connectivity index (χ1) is 21.4. The van der Waals surface area contributed by atoms with Crippen molar-refractivity contribution in [2.75, 3.05) is 29.6 Å². The molecule has 3 heterocycles. The number of nitrogens with one attached hydrogen (secondary N) is 2. The van der Waals surface area contributed by atoms with E-state index in [1.807, 2.05) is 0 Å². The third-order valence-electron chi connectivity index (χ3n) is 7.21. The van der Waals surface area contributed by atoms with Gasteiger partial charge in [0.1, 0.15) is 5.82 Å². The Morgan fingerprint density at radius 2 is 1.87 bits per heavy atom. The van der Waals surface area contributed by atoms with Gasteiger partial charge in [0, 0.05) is 73.3 Å². The zero-order chi connectivity index (χ0) is 34.0. The van der Waals surface area contributed by atoms with Crippen LogP contribution < -0.4 is 15.5 Å². The molecule has 1 aliphatic rings. The van der Waals surface area contributed by atoms with Crippen LogP contribution in [0.2, 0.25) is 0 Å². The SMILES string of the molecule is Cc1c(-c2cnn(C)c2)cnc(N2CCCC(F)(F)CC2)c1C(=O)Nc1cccc(S(C)(=O)=NC(=O)C(NC(=O)O)C(F)(F)F)c1. The highest BCUT2D eigenvalue weighted by molar-refractivity contribution is 7.93. The first kappa shape index (κ1) is 34.3. The van der Waals surface area contributed by atoms with Gasteiger partial charge in [-0.2, -0.15) is 22.6 Å². The molecule has 3 N–H and O–H groups in total. The molecule has 1 fully saturated rings. The lowest BCUT2D eigenvalue weighted by Gasteiger charge is -2.26. The van der Waals surface area contributed by atoms with Crippen LogP contribution in [0.3, 0.4) is 0 Å². The number of nitrogens with zero attached hydrogens (tertiary/aromatic N) is 5. The van der Waals surface area contributed by atoms with Gasteiger partial charge in [0.25, 0.3) is 11.8 Å². The van der Waals surface area contributed by atoms with Crippen LogP contribution >= 0.6 is 0 Å². The summed E-state index contributed by atoms with van der Waals surface area (Å²) in [5.74, 6) is -5.43. The first-order valence-corrected chi connectivity index (χ1v) is 15.7. The van der Waals surface area contributed by atoms with Gasteiger partial charge >= 0.3 is 12.3 Å². The van der Waals surface area contributed by atoms with Gasteiger partial charge in [0.05, 0.1) is 21.5 Å². The molecule has 0 aliphatic carbocycles. The summed E-state index contributed by atoms with van der Waals surface area (Å²) < 4.78 is 86.2. The van der Waals surface area contributed by atoms with Crippen LogP contribution in [0.15, 0.2) is 52.1 Å². The second-order valence-corrected chi connectivity index (χ2v) is 13.0. The van der Waals surface area contributed by atoms with Crippen molar-refractivity contribution in [3.8, 4) is 11.1 Å². The average Bonchev–Trinajstić information content (AvgIpc) is 3.29. The summed E-state index contributed by atoms with van der Waals surface area (Å²) in [5.41, 5.74) is 1.76. The van der Waals surface area contributed by atoms with Gasteiger partial charge < -0.3 is 20.6 Å². The maximum absolute atomic E-state index is 14.2. The van der Waals surface area contributed by atoms with E-state index in [0.717, 1.165) is 17.6 Å². The lowest BCUT2D eigenvalue weighted by molar-refractivity contribution is -0.165. The summed E-state index contributed by atoms with van der Waals surface area (Å²) in [6.07, 6.45) is -2.38. The van der Waals surface area contributed by atoms with Gasteiger partial charge in [-0.15, -0.1) is 0 Å². The number of pyridine rings is 1. The third-order valence-corrected chi connectivity index (χ3v) is 8.87. The van der Waals surface area contributed by atoms with E-state index in [-0.39, 0.29) is 47.9 Å².